The third-order valence-corrected chi connectivity index (χ3v) is 6.24. The highest BCUT2D eigenvalue weighted by molar-refractivity contribution is 7.89. The number of hydrogen-bond acceptors (Lipinski definition) is 3. The minimum Gasteiger partial charge on any atom is -0.338 e. The number of likely N-dealkylation sites (tertiary alicyclic amines) is 1. The van der Waals surface area contributed by atoms with Crippen LogP contribution in [0.3, 0.4) is 0 Å². The highest BCUT2D eigenvalue weighted by Gasteiger charge is 2.28. The van der Waals surface area contributed by atoms with Crippen molar-refractivity contribution >= 4 is 27.5 Å². The van der Waals surface area contributed by atoms with Crippen LogP contribution in [-0.2, 0) is 10.0 Å². The summed E-state index contributed by atoms with van der Waals surface area (Å²) in [5.74, 6) is 0.648. The highest BCUT2D eigenvalue weighted by atomic mass is 35.5. The van der Waals surface area contributed by atoms with Crippen LogP contribution < -0.4 is 0 Å². The summed E-state index contributed by atoms with van der Waals surface area (Å²) in [7, 11) is -0.682. The summed E-state index contributed by atoms with van der Waals surface area (Å²) < 4.78 is 25.6. The molecule has 2 rings (SSSR count). The largest absolute Gasteiger partial charge is 0.338 e. The molecule has 1 aromatic carbocycles. The van der Waals surface area contributed by atoms with Gasteiger partial charge in [-0.15, -0.1) is 0 Å². The van der Waals surface area contributed by atoms with Crippen LogP contribution in [-0.4, -0.2) is 50.7 Å². The fourth-order valence-electron chi connectivity index (χ4n) is 3.04. The number of benzene rings is 1. The van der Waals surface area contributed by atoms with Crippen LogP contribution in [0.25, 0.3) is 0 Å². The number of carbonyl (C=O) groups excluding carboxylic acids is 1. The lowest BCUT2D eigenvalue weighted by atomic mass is 9.91. The second-order valence-corrected chi connectivity index (χ2v) is 9.14. The quantitative estimate of drug-likeness (QED) is 0.834. The molecule has 0 aliphatic carbocycles. The van der Waals surface area contributed by atoms with Crippen LogP contribution in [0, 0.1) is 11.8 Å². The van der Waals surface area contributed by atoms with E-state index in [4.69, 9.17) is 11.6 Å². The Bertz CT molecular complexity index is 693. The van der Waals surface area contributed by atoms with E-state index in [0.717, 1.165) is 10.7 Å². The first-order chi connectivity index (χ1) is 10.6. The van der Waals surface area contributed by atoms with Crippen LogP contribution in [0.5, 0.6) is 0 Å². The summed E-state index contributed by atoms with van der Waals surface area (Å²) in [6.07, 6.45) is 1.09. The number of hydrogen-bond donors (Lipinski definition) is 0. The van der Waals surface area contributed by atoms with Crippen LogP contribution in [0.1, 0.15) is 30.6 Å². The van der Waals surface area contributed by atoms with Gasteiger partial charge >= 0.3 is 0 Å². The molecule has 128 valence electrons. The summed E-state index contributed by atoms with van der Waals surface area (Å²) >= 11 is 6.16. The van der Waals surface area contributed by atoms with Gasteiger partial charge in [0.1, 0.15) is 0 Å². The Hall–Kier alpha value is -1.11. The molecule has 1 heterocycles. The molecule has 1 saturated heterocycles. The van der Waals surface area contributed by atoms with E-state index in [-0.39, 0.29) is 21.4 Å². The monoisotopic (exact) mass is 358 g/mol. The lowest BCUT2D eigenvalue weighted by Gasteiger charge is -2.35. The van der Waals surface area contributed by atoms with Gasteiger partial charge in [0.05, 0.1) is 15.5 Å². The minimum absolute atomic E-state index is 0.0772. The van der Waals surface area contributed by atoms with Gasteiger partial charge in [0, 0.05) is 27.2 Å². The van der Waals surface area contributed by atoms with Gasteiger partial charge in [0.25, 0.3) is 5.91 Å². The van der Waals surface area contributed by atoms with Crippen molar-refractivity contribution in [3.63, 3.8) is 0 Å². The number of rotatable bonds is 3. The molecule has 7 heteroatoms. The Morgan fingerprint density at radius 3 is 2.30 bits per heavy atom. The van der Waals surface area contributed by atoms with Gasteiger partial charge in [-0.1, -0.05) is 25.4 Å². The summed E-state index contributed by atoms with van der Waals surface area (Å²) in [6, 6.07) is 4.28. The number of piperidine rings is 1. The Kier molecular flexibility index (Phi) is 5.38. The predicted octanol–water partition coefficient (Wildman–Crippen LogP) is 2.71. The first kappa shape index (κ1) is 18.2. The maximum Gasteiger partial charge on any atom is 0.255 e. The fourth-order valence-corrected chi connectivity index (χ4v) is 4.17. The smallest absolute Gasteiger partial charge is 0.255 e. The van der Waals surface area contributed by atoms with Crippen LogP contribution in [0.4, 0.5) is 0 Å². The van der Waals surface area contributed by atoms with Crippen molar-refractivity contribution in [2.45, 2.75) is 25.2 Å². The van der Waals surface area contributed by atoms with E-state index in [0.29, 0.717) is 24.9 Å². The van der Waals surface area contributed by atoms with Crippen LogP contribution in [0.15, 0.2) is 23.1 Å². The predicted molar refractivity (Wildman–Crippen MR) is 91.2 cm³/mol. The number of nitrogens with zero attached hydrogens (tertiary/aromatic N) is 2. The van der Waals surface area contributed by atoms with Gasteiger partial charge in [-0.3, -0.25) is 4.79 Å². The number of amides is 1. The molecule has 1 amide bonds. The van der Waals surface area contributed by atoms with Crippen LogP contribution in [0.2, 0.25) is 5.02 Å². The molecule has 2 atom stereocenters. The zero-order valence-electron chi connectivity index (χ0n) is 13.9. The lowest BCUT2D eigenvalue weighted by Crippen LogP contribution is -2.42. The third kappa shape index (κ3) is 3.87. The Morgan fingerprint density at radius 1 is 1.22 bits per heavy atom. The average Bonchev–Trinajstić information content (AvgIpc) is 2.45. The first-order valence-corrected chi connectivity index (χ1v) is 9.46. The number of halogens is 1. The Balaban J connectivity index is 2.37. The van der Waals surface area contributed by atoms with Crippen molar-refractivity contribution < 1.29 is 13.2 Å². The van der Waals surface area contributed by atoms with Gasteiger partial charge in [0.2, 0.25) is 10.0 Å². The van der Waals surface area contributed by atoms with E-state index in [1.165, 1.54) is 32.3 Å². The van der Waals surface area contributed by atoms with Gasteiger partial charge in [-0.2, -0.15) is 0 Å². The van der Waals surface area contributed by atoms with Gasteiger partial charge in [-0.25, -0.2) is 12.7 Å². The Labute approximate surface area is 143 Å². The molecule has 0 saturated carbocycles. The summed E-state index contributed by atoms with van der Waals surface area (Å²) in [4.78, 5) is 14.6. The first-order valence-electron chi connectivity index (χ1n) is 7.64. The zero-order valence-corrected chi connectivity index (χ0v) is 15.5. The number of carbonyl (C=O) groups is 1. The molecule has 0 unspecified atom stereocenters. The van der Waals surface area contributed by atoms with Gasteiger partial charge < -0.3 is 4.90 Å². The normalized spacial score (nSPS) is 22.4. The maximum atomic E-state index is 12.8. The molecule has 0 spiro atoms. The molecule has 0 aromatic heterocycles. The van der Waals surface area contributed by atoms with Gasteiger partial charge in [-0.05, 0) is 36.5 Å². The fraction of sp³-hybridized carbons (Fsp3) is 0.562. The second-order valence-electron chi connectivity index (χ2n) is 6.59. The van der Waals surface area contributed by atoms with Crippen molar-refractivity contribution in [3.8, 4) is 0 Å². The molecule has 0 radical (unpaired) electrons. The summed E-state index contributed by atoms with van der Waals surface area (Å²) in [5, 5.41) is 0.276. The summed E-state index contributed by atoms with van der Waals surface area (Å²) in [6.45, 7) is 5.57. The highest BCUT2D eigenvalue weighted by Crippen LogP contribution is 2.27. The van der Waals surface area contributed by atoms with Crippen molar-refractivity contribution in [3.05, 3.63) is 28.8 Å². The van der Waals surface area contributed by atoms with Crippen molar-refractivity contribution in [2.75, 3.05) is 27.2 Å². The van der Waals surface area contributed by atoms with Gasteiger partial charge in [0.15, 0.2) is 0 Å². The summed E-state index contributed by atoms with van der Waals surface area (Å²) in [5.41, 5.74) is 0.246. The van der Waals surface area contributed by atoms with E-state index >= 15 is 0 Å². The topological polar surface area (TPSA) is 57.7 Å². The zero-order chi connectivity index (χ0) is 17.4. The van der Waals surface area contributed by atoms with E-state index < -0.39 is 10.0 Å². The molecule has 0 N–H and O–H groups in total. The number of sulfonamides is 1. The van der Waals surface area contributed by atoms with E-state index in [9.17, 15) is 13.2 Å². The molecule has 5 nitrogen and oxygen atoms in total. The molecule has 1 fully saturated rings. The SMILES string of the molecule is C[C@H]1C[C@H](C)CN(C(=O)c2cc(S(=O)(=O)N(C)C)ccc2Cl)C1. The van der Waals surface area contributed by atoms with Crippen molar-refractivity contribution in [1.29, 1.82) is 0 Å². The standard InChI is InChI=1S/C16H23ClN2O3S/c1-11-7-12(2)10-19(9-11)16(20)14-8-13(5-6-15(14)17)23(21,22)18(3)4/h5-6,8,11-12H,7,9-10H2,1-4H3/t11-,12-/m0/s1. The molecule has 0 bridgehead atoms. The van der Waals surface area contributed by atoms with E-state index in [2.05, 4.69) is 13.8 Å². The van der Waals surface area contributed by atoms with E-state index in [1.807, 2.05) is 0 Å². The molecule has 1 aromatic rings. The molecule has 1 aliphatic heterocycles. The second kappa shape index (κ2) is 6.79. The van der Waals surface area contributed by atoms with Crippen molar-refractivity contribution in [1.82, 2.24) is 9.21 Å². The van der Waals surface area contributed by atoms with Crippen LogP contribution >= 0.6 is 11.6 Å². The Morgan fingerprint density at radius 2 is 1.78 bits per heavy atom. The molecule has 1 aliphatic rings. The lowest BCUT2D eigenvalue weighted by molar-refractivity contribution is 0.0623. The van der Waals surface area contributed by atoms with Crippen molar-refractivity contribution in [2.24, 2.45) is 11.8 Å². The maximum absolute atomic E-state index is 12.8. The molecular weight excluding hydrogens is 336 g/mol. The van der Waals surface area contributed by atoms with E-state index in [1.54, 1.807) is 4.90 Å². The molecular formula is C16H23ClN2O3S. The molecule has 23 heavy (non-hydrogen) atoms. The third-order valence-electron chi connectivity index (χ3n) is 4.10. The average molecular weight is 359 g/mol. The minimum atomic E-state index is -3.60.